The summed E-state index contributed by atoms with van der Waals surface area (Å²) in [5.74, 6) is -0.243. The first-order chi connectivity index (χ1) is 18.8. The molecule has 1 atom stereocenters. The van der Waals surface area contributed by atoms with Gasteiger partial charge in [0.25, 0.3) is 16.0 Å². The minimum atomic E-state index is -4.17. The van der Waals surface area contributed by atoms with Gasteiger partial charge in [0.15, 0.2) is 0 Å². The summed E-state index contributed by atoms with van der Waals surface area (Å²) in [6.07, 6.45) is 0. The summed E-state index contributed by atoms with van der Waals surface area (Å²) in [4.78, 5) is 4.44. The van der Waals surface area contributed by atoms with Gasteiger partial charge in [-0.1, -0.05) is 96.0 Å². The van der Waals surface area contributed by atoms with Crippen LogP contribution in [0.2, 0.25) is 10.0 Å². The van der Waals surface area contributed by atoms with E-state index in [1.165, 1.54) is 29.3 Å². The molecule has 0 bridgehead atoms. The lowest BCUT2D eigenvalue weighted by Gasteiger charge is -2.16. The molecule has 5 rings (SSSR count). The van der Waals surface area contributed by atoms with Crippen LogP contribution >= 0.6 is 23.2 Å². The van der Waals surface area contributed by atoms with Gasteiger partial charge in [0.1, 0.15) is 5.84 Å². The Morgan fingerprint density at radius 1 is 0.821 bits per heavy atom. The number of hydrazone groups is 1. The molecule has 0 radical (unpaired) electrons. The number of amidine groups is 1. The maximum Gasteiger partial charge on any atom is 0.285 e. The monoisotopic (exact) mass is 575 g/mol. The summed E-state index contributed by atoms with van der Waals surface area (Å²) < 4.78 is 30.8. The lowest BCUT2D eigenvalue weighted by Crippen LogP contribution is -2.28. The predicted octanol–water partition coefficient (Wildman–Crippen LogP) is 5.95. The van der Waals surface area contributed by atoms with Gasteiger partial charge in [-0.15, -0.1) is 4.40 Å². The first kappa shape index (κ1) is 26.6. The van der Waals surface area contributed by atoms with Crippen LogP contribution < -0.4 is 5.73 Å². The second-order valence-electron chi connectivity index (χ2n) is 8.72. The van der Waals surface area contributed by atoms with Gasteiger partial charge in [0, 0.05) is 21.5 Å². The fourth-order valence-corrected chi connectivity index (χ4v) is 5.32. The van der Waals surface area contributed by atoms with E-state index in [4.69, 9.17) is 34.0 Å². The number of aliphatic imine (C=N–C) groups is 1. The maximum atomic E-state index is 13.3. The van der Waals surface area contributed by atoms with Crippen molar-refractivity contribution in [3.8, 4) is 0 Å². The van der Waals surface area contributed by atoms with Crippen LogP contribution in [0.15, 0.2) is 129 Å². The molecule has 4 aromatic carbocycles. The van der Waals surface area contributed by atoms with Crippen LogP contribution in [-0.4, -0.2) is 37.5 Å². The first-order valence-corrected chi connectivity index (χ1v) is 14.2. The predicted molar refractivity (Wildman–Crippen MR) is 157 cm³/mol. The van der Waals surface area contributed by atoms with E-state index in [0.29, 0.717) is 22.2 Å². The third-order valence-electron chi connectivity index (χ3n) is 6.09. The Morgan fingerprint density at radius 3 is 2.00 bits per heavy atom. The zero-order chi connectivity index (χ0) is 27.4. The normalized spacial score (nSPS) is 16.3. The van der Waals surface area contributed by atoms with Crippen molar-refractivity contribution in [2.45, 2.75) is 10.8 Å². The van der Waals surface area contributed by atoms with E-state index in [9.17, 15) is 8.42 Å². The zero-order valence-corrected chi connectivity index (χ0v) is 22.9. The number of nitrogens with zero attached hydrogens (tertiary/aromatic N) is 4. The molecule has 10 heteroatoms. The average molecular weight is 577 g/mol. The minimum absolute atomic E-state index is 0.0291. The lowest BCUT2D eigenvalue weighted by atomic mass is 9.91. The SMILES string of the molecule is NC(=NC(=NS(=O)(=O)c1ccc(Cl)cc1)N1CC(c2ccccc2)C(c2ccc(Cl)cc2)=N1)c1ccccc1. The largest absolute Gasteiger partial charge is 0.383 e. The quantitative estimate of drug-likeness (QED) is 0.235. The third-order valence-corrected chi connectivity index (χ3v) is 7.87. The topological polar surface area (TPSA) is 100 Å². The van der Waals surface area contributed by atoms with Crippen LogP contribution in [0.3, 0.4) is 0 Å². The molecular weight excluding hydrogens is 553 g/mol. The van der Waals surface area contributed by atoms with Gasteiger partial charge >= 0.3 is 0 Å². The summed E-state index contributed by atoms with van der Waals surface area (Å²) in [5, 5.41) is 7.30. The number of guanidine groups is 1. The highest BCUT2D eigenvalue weighted by Crippen LogP contribution is 2.30. The highest BCUT2D eigenvalue weighted by atomic mass is 35.5. The minimum Gasteiger partial charge on any atom is -0.383 e. The smallest absolute Gasteiger partial charge is 0.285 e. The number of halogens is 2. The van der Waals surface area contributed by atoms with E-state index in [1.54, 1.807) is 24.3 Å². The molecule has 4 aromatic rings. The van der Waals surface area contributed by atoms with Gasteiger partial charge in [-0.25, -0.2) is 5.01 Å². The van der Waals surface area contributed by atoms with Crippen LogP contribution in [0.5, 0.6) is 0 Å². The van der Waals surface area contributed by atoms with Crippen LogP contribution in [0.1, 0.15) is 22.6 Å². The summed E-state index contributed by atoms with van der Waals surface area (Å²) in [6.45, 7) is 0.294. The van der Waals surface area contributed by atoms with E-state index < -0.39 is 10.0 Å². The zero-order valence-electron chi connectivity index (χ0n) is 20.5. The van der Waals surface area contributed by atoms with E-state index >= 15 is 0 Å². The van der Waals surface area contributed by atoms with E-state index in [2.05, 4.69) is 9.39 Å². The Morgan fingerprint density at radius 2 is 1.38 bits per heavy atom. The van der Waals surface area contributed by atoms with Crippen LogP contribution in [-0.2, 0) is 10.0 Å². The van der Waals surface area contributed by atoms with Crippen molar-refractivity contribution in [2.24, 2.45) is 20.2 Å². The molecule has 1 heterocycles. The standard InChI is InChI=1S/C29H23Cl2N5O2S/c30-23-13-11-21(12-14-23)27-26(20-7-3-1-4-8-20)19-36(34-27)29(33-28(32)22-9-5-2-6-10-22)35-39(37,38)25-17-15-24(31)16-18-25/h1-18,26H,19H2,(H2,32,33,35). The summed E-state index contributed by atoms with van der Waals surface area (Å²) >= 11 is 12.1. The molecule has 1 aliphatic heterocycles. The summed E-state index contributed by atoms with van der Waals surface area (Å²) in [5.41, 5.74) is 9.51. The van der Waals surface area contributed by atoms with Crippen molar-refractivity contribution in [1.29, 1.82) is 0 Å². The Kier molecular flexibility index (Phi) is 7.79. The van der Waals surface area contributed by atoms with Crippen molar-refractivity contribution in [3.05, 3.63) is 136 Å². The molecule has 0 amide bonds. The van der Waals surface area contributed by atoms with E-state index in [1.807, 2.05) is 60.7 Å². The molecule has 0 aliphatic carbocycles. The third kappa shape index (κ3) is 6.20. The van der Waals surface area contributed by atoms with Gasteiger partial charge < -0.3 is 5.73 Å². The summed E-state index contributed by atoms with van der Waals surface area (Å²) in [6, 6.07) is 32.0. The van der Waals surface area contributed by atoms with Crippen LogP contribution in [0.25, 0.3) is 0 Å². The first-order valence-electron chi connectivity index (χ1n) is 12.0. The highest BCUT2D eigenvalue weighted by molar-refractivity contribution is 7.90. The van der Waals surface area contributed by atoms with Crippen LogP contribution in [0, 0.1) is 0 Å². The second kappa shape index (κ2) is 11.4. The van der Waals surface area contributed by atoms with Crippen LogP contribution in [0.4, 0.5) is 0 Å². The van der Waals surface area contributed by atoms with Gasteiger partial charge in [-0.2, -0.15) is 18.5 Å². The molecule has 0 fully saturated rings. The van der Waals surface area contributed by atoms with Crippen molar-refractivity contribution < 1.29 is 8.42 Å². The van der Waals surface area contributed by atoms with Crippen molar-refractivity contribution >= 4 is 50.7 Å². The number of hydrogen-bond donors (Lipinski definition) is 1. The Bertz CT molecular complexity index is 1660. The number of rotatable bonds is 5. The van der Waals surface area contributed by atoms with Crippen molar-refractivity contribution in [3.63, 3.8) is 0 Å². The number of nitrogens with two attached hydrogens (primary N) is 1. The number of sulfonamides is 1. The molecule has 39 heavy (non-hydrogen) atoms. The average Bonchev–Trinajstić information content (AvgIpc) is 3.40. The van der Waals surface area contributed by atoms with Crippen molar-refractivity contribution in [2.75, 3.05) is 6.54 Å². The molecule has 1 unspecified atom stereocenters. The molecule has 2 N–H and O–H groups in total. The molecule has 7 nitrogen and oxygen atoms in total. The van der Waals surface area contributed by atoms with Gasteiger partial charge in [0.05, 0.1) is 17.2 Å². The Hall–Kier alpha value is -3.98. The number of benzene rings is 4. The van der Waals surface area contributed by atoms with Gasteiger partial charge in [0.2, 0.25) is 0 Å². The molecule has 0 aromatic heterocycles. The molecule has 0 saturated carbocycles. The lowest BCUT2D eigenvalue weighted by molar-refractivity contribution is 0.470. The fraction of sp³-hybridized carbons (Fsp3) is 0.0690. The molecule has 0 saturated heterocycles. The Labute approximate surface area is 237 Å². The highest BCUT2D eigenvalue weighted by Gasteiger charge is 2.32. The summed E-state index contributed by atoms with van der Waals surface area (Å²) in [7, 11) is -4.17. The van der Waals surface area contributed by atoms with Crippen molar-refractivity contribution in [1.82, 2.24) is 5.01 Å². The van der Waals surface area contributed by atoms with E-state index in [-0.39, 0.29) is 22.6 Å². The fourth-order valence-electron chi connectivity index (χ4n) is 4.13. The maximum absolute atomic E-state index is 13.3. The second-order valence-corrected chi connectivity index (χ2v) is 11.2. The molecule has 0 spiro atoms. The molecular formula is C29H23Cl2N5O2S. The Balaban J connectivity index is 1.63. The van der Waals surface area contributed by atoms with Gasteiger partial charge in [-0.3, -0.25) is 0 Å². The molecule has 196 valence electrons. The number of hydrogen-bond acceptors (Lipinski definition) is 3. The molecule has 1 aliphatic rings. The van der Waals surface area contributed by atoms with E-state index in [0.717, 1.165) is 16.8 Å². The van der Waals surface area contributed by atoms with Gasteiger partial charge in [-0.05, 0) is 47.5 Å².